The lowest BCUT2D eigenvalue weighted by Gasteiger charge is -2.31. The first-order valence-corrected chi connectivity index (χ1v) is 7.14. The molecule has 14 heavy (non-hydrogen) atoms. The maximum Gasteiger partial charge on any atom is 0.00884 e. The van der Waals surface area contributed by atoms with Gasteiger partial charge in [0.15, 0.2) is 0 Å². The number of nitrogens with one attached hydrogen (secondary N) is 1. The summed E-state index contributed by atoms with van der Waals surface area (Å²) in [4.78, 5) is 2.57. The fourth-order valence-electron chi connectivity index (χ4n) is 1.67. The smallest absolute Gasteiger partial charge is 0.00884 e. The molecule has 0 spiro atoms. The second kappa shape index (κ2) is 9.81. The van der Waals surface area contributed by atoms with Gasteiger partial charge in [0.2, 0.25) is 0 Å². The van der Waals surface area contributed by atoms with Crippen LogP contribution in [0.1, 0.15) is 26.7 Å². The summed E-state index contributed by atoms with van der Waals surface area (Å²) < 4.78 is 0. The quantitative estimate of drug-likeness (QED) is 0.777. The predicted octanol–water partition coefficient (Wildman–Crippen LogP) is 2.06. The molecule has 0 bridgehead atoms. The van der Waals surface area contributed by atoms with Crippen LogP contribution in [0.3, 0.4) is 0 Å². The molecule has 0 unspecified atom stereocenters. The third kappa shape index (κ3) is 5.89. The molecule has 1 heterocycles. The van der Waals surface area contributed by atoms with Crippen molar-refractivity contribution >= 4 is 11.8 Å². The average Bonchev–Trinajstić information content (AvgIpc) is 2.30. The van der Waals surface area contributed by atoms with Crippen molar-refractivity contribution in [1.82, 2.24) is 10.2 Å². The Labute approximate surface area is 93.8 Å². The molecule has 1 rings (SSSR count). The van der Waals surface area contributed by atoms with Crippen LogP contribution < -0.4 is 5.32 Å². The van der Waals surface area contributed by atoms with Crippen LogP contribution in [0.25, 0.3) is 0 Å². The van der Waals surface area contributed by atoms with Crippen LogP contribution in [0.5, 0.6) is 0 Å². The van der Waals surface area contributed by atoms with Gasteiger partial charge in [-0.2, -0.15) is 11.8 Å². The fourth-order valence-corrected chi connectivity index (χ4v) is 2.11. The molecular weight excluding hydrogens is 192 g/mol. The minimum Gasteiger partial charge on any atom is -0.317 e. The van der Waals surface area contributed by atoms with E-state index in [0.29, 0.717) is 0 Å². The summed E-state index contributed by atoms with van der Waals surface area (Å²) in [6, 6.07) is 0.774. The van der Waals surface area contributed by atoms with E-state index in [1.807, 2.05) is 25.6 Å². The zero-order valence-electron chi connectivity index (χ0n) is 10.2. The van der Waals surface area contributed by atoms with Crippen molar-refractivity contribution in [3.63, 3.8) is 0 Å². The summed E-state index contributed by atoms with van der Waals surface area (Å²) in [5, 5.41) is 3.35. The van der Waals surface area contributed by atoms with Crippen LogP contribution >= 0.6 is 11.8 Å². The first-order chi connectivity index (χ1) is 6.86. The fraction of sp³-hybridized carbons (Fsp3) is 1.00. The summed E-state index contributed by atoms with van der Waals surface area (Å²) in [6.07, 6.45) is 4.83. The summed E-state index contributed by atoms with van der Waals surface area (Å²) in [7, 11) is 2.07. The van der Waals surface area contributed by atoms with Gasteiger partial charge in [0, 0.05) is 18.3 Å². The van der Waals surface area contributed by atoms with E-state index in [2.05, 4.69) is 23.5 Å². The third-order valence-corrected chi connectivity index (χ3v) is 3.20. The standard InChI is InChI=1S/C9H20N2S.C2H6/c1-10-9-3-5-11(6-4-9)7-8-12-2;1-2/h9-10H,3-8H2,1-2H3;1-2H3. The molecule has 1 aliphatic heterocycles. The van der Waals surface area contributed by atoms with Crippen molar-refractivity contribution < 1.29 is 0 Å². The van der Waals surface area contributed by atoms with Crippen molar-refractivity contribution in [2.24, 2.45) is 0 Å². The van der Waals surface area contributed by atoms with Gasteiger partial charge in [-0.1, -0.05) is 13.8 Å². The number of piperidine rings is 1. The minimum atomic E-state index is 0.774. The van der Waals surface area contributed by atoms with Gasteiger partial charge in [-0.05, 0) is 39.2 Å². The zero-order chi connectivity index (χ0) is 10.8. The molecule has 1 fully saturated rings. The van der Waals surface area contributed by atoms with Crippen LogP contribution in [-0.4, -0.2) is 49.6 Å². The Bertz CT molecular complexity index is 112. The van der Waals surface area contributed by atoms with Gasteiger partial charge in [-0.3, -0.25) is 0 Å². The van der Waals surface area contributed by atoms with E-state index >= 15 is 0 Å². The van der Waals surface area contributed by atoms with Crippen LogP contribution in [0.15, 0.2) is 0 Å². The van der Waals surface area contributed by atoms with E-state index in [1.165, 1.54) is 38.2 Å². The lowest BCUT2D eigenvalue weighted by Crippen LogP contribution is -2.41. The summed E-state index contributed by atoms with van der Waals surface area (Å²) >= 11 is 1.94. The highest BCUT2D eigenvalue weighted by Gasteiger charge is 2.16. The average molecular weight is 218 g/mol. The molecule has 0 aromatic rings. The van der Waals surface area contributed by atoms with Gasteiger partial charge in [-0.15, -0.1) is 0 Å². The molecule has 0 radical (unpaired) electrons. The SMILES string of the molecule is CC.CNC1CCN(CCSC)CC1. The number of thioether (sulfide) groups is 1. The predicted molar refractivity (Wildman–Crippen MR) is 68.3 cm³/mol. The molecule has 0 amide bonds. The maximum atomic E-state index is 3.35. The molecule has 0 aromatic carbocycles. The molecule has 0 aromatic heterocycles. The molecule has 0 aliphatic carbocycles. The molecule has 1 N–H and O–H groups in total. The summed E-state index contributed by atoms with van der Waals surface area (Å²) in [6.45, 7) is 7.84. The molecular formula is C11H26N2S. The largest absolute Gasteiger partial charge is 0.317 e. The molecule has 3 heteroatoms. The van der Waals surface area contributed by atoms with Gasteiger partial charge in [0.1, 0.15) is 0 Å². The van der Waals surface area contributed by atoms with Gasteiger partial charge in [0.05, 0.1) is 0 Å². The second-order valence-electron chi connectivity index (χ2n) is 3.40. The number of nitrogens with zero attached hydrogens (tertiary/aromatic N) is 1. The first kappa shape index (κ1) is 14.3. The molecule has 2 nitrogen and oxygen atoms in total. The zero-order valence-corrected chi connectivity index (χ0v) is 11.0. The highest BCUT2D eigenvalue weighted by molar-refractivity contribution is 7.98. The van der Waals surface area contributed by atoms with Crippen molar-refractivity contribution in [3.8, 4) is 0 Å². The van der Waals surface area contributed by atoms with E-state index in [4.69, 9.17) is 0 Å². The van der Waals surface area contributed by atoms with Crippen molar-refractivity contribution in [1.29, 1.82) is 0 Å². The Morgan fingerprint density at radius 3 is 2.29 bits per heavy atom. The molecule has 1 aliphatic rings. The minimum absolute atomic E-state index is 0.774. The monoisotopic (exact) mass is 218 g/mol. The van der Waals surface area contributed by atoms with Gasteiger partial charge < -0.3 is 10.2 Å². The van der Waals surface area contributed by atoms with Crippen LogP contribution in [0, 0.1) is 0 Å². The lowest BCUT2D eigenvalue weighted by molar-refractivity contribution is 0.212. The molecule has 1 saturated heterocycles. The van der Waals surface area contributed by atoms with Crippen LogP contribution in [0.4, 0.5) is 0 Å². The summed E-state index contributed by atoms with van der Waals surface area (Å²) in [5.41, 5.74) is 0. The van der Waals surface area contributed by atoms with E-state index in [-0.39, 0.29) is 0 Å². The number of likely N-dealkylation sites (tertiary alicyclic amines) is 1. The third-order valence-electron chi connectivity index (χ3n) is 2.61. The highest BCUT2D eigenvalue weighted by Crippen LogP contribution is 2.09. The van der Waals surface area contributed by atoms with Gasteiger partial charge >= 0.3 is 0 Å². The molecule has 0 atom stereocenters. The summed E-state index contributed by atoms with van der Waals surface area (Å²) in [5.74, 6) is 1.28. The van der Waals surface area contributed by atoms with E-state index in [1.54, 1.807) is 0 Å². The Balaban J connectivity index is 0.000000791. The van der Waals surface area contributed by atoms with E-state index in [0.717, 1.165) is 6.04 Å². The van der Waals surface area contributed by atoms with Crippen LogP contribution in [-0.2, 0) is 0 Å². The topological polar surface area (TPSA) is 15.3 Å². The highest BCUT2D eigenvalue weighted by atomic mass is 32.2. The van der Waals surface area contributed by atoms with Crippen molar-refractivity contribution in [2.75, 3.05) is 38.7 Å². The number of hydrogen-bond acceptors (Lipinski definition) is 3. The first-order valence-electron chi connectivity index (χ1n) is 5.75. The maximum absolute atomic E-state index is 3.35. The van der Waals surface area contributed by atoms with Gasteiger partial charge in [0.25, 0.3) is 0 Å². The number of rotatable bonds is 4. The molecule has 0 saturated carbocycles. The van der Waals surface area contributed by atoms with Crippen molar-refractivity contribution in [2.45, 2.75) is 32.7 Å². The molecule has 86 valence electrons. The van der Waals surface area contributed by atoms with E-state index < -0.39 is 0 Å². The van der Waals surface area contributed by atoms with Crippen molar-refractivity contribution in [3.05, 3.63) is 0 Å². The Morgan fingerprint density at radius 1 is 1.29 bits per heavy atom. The second-order valence-corrected chi connectivity index (χ2v) is 4.38. The van der Waals surface area contributed by atoms with Gasteiger partial charge in [-0.25, -0.2) is 0 Å². The van der Waals surface area contributed by atoms with E-state index in [9.17, 15) is 0 Å². The normalized spacial score (nSPS) is 18.9. The Kier molecular flexibility index (Phi) is 10.0. The van der Waals surface area contributed by atoms with Crippen LogP contribution in [0.2, 0.25) is 0 Å². The lowest BCUT2D eigenvalue weighted by atomic mass is 10.1. The Morgan fingerprint density at radius 2 is 1.86 bits per heavy atom. The Hall–Kier alpha value is 0.270. The number of hydrogen-bond donors (Lipinski definition) is 1.